The van der Waals surface area contributed by atoms with E-state index in [0.717, 1.165) is 35.6 Å². The van der Waals surface area contributed by atoms with Crippen molar-refractivity contribution < 1.29 is 13.7 Å². The Kier molecular flexibility index (Phi) is 4.50. The highest BCUT2D eigenvalue weighted by atomic mass is 35.5. The molecule has 0 atom stereocenters. The lowest BCUT2D eigenvalue weighted by molar-refractivity contribution is 0.285. The first-order chi connectivity index (χ1) is 17.2. The van der Waals surface area contributed by atoms with Gasteiger partial charge in [0.05, 0.1) is 22.8 Å². The van der Waals surface area contributed by atoms with E-state index in [1.165, 1.54) is 6.07 Å². The quantitative estimate of drug-likeness (QED) is 0.347. The van der Waals surface area contributed by atoms with E-state index in [-0.39, 0.29) is 12.4 Å². The lowest BCUT2D eigenvalue weighted by atomic mass is 10.1. The monoisotopic (exact) mass is 489 g/mol. The maximum atomic E-state index is 14.1. The van der Waals surface area contributed by atoms with Crippen LogP contribution >= 0.6 is 11.6 Å². The molecule has 2 aliphatic rings. The zero-order chi connectivity index (χ0) is 23.5. The van der Waals surface area contributed by atoms with Gasteiger partial charge in [0.1, 0.15) is 24.3 Å². The Hall–Kier alpha value is -4.05. The molecule has 0 N–H and O–H groups in total. The highest BCUT2D eigenvalue weighted by Crippen LogP contribution is 2.40. The zero-order valence-corrected chi connectivity index (χ0v) is 19.0. The minimum absolute atomic E-state index is 0.0453. The molecule has 11 heteroatoms. The average molecular weight is 490 g/mol. The van der Waals surface area contributed by atoms with E-state index in [9.17, 15) is 4.39 Å². The van der Waals surface area contributed by atoms with Crippen LogP contribution in [0.1, 0.15) is 41.7 Å². The van der Waals surface area contributed by atoms with Crippen LogP contribution in [-0.4, -0.2) is 34.7 Å². The lowest BCUT2D eigenvalue weighted by Crippen LogP contribution is -2.06. The van der Waals surface area contributed by atoms with Gasteiger partial charge in [-0.25, -0.2) is 14.1 Å². The number of nitrogens with zero attached hydrogens (tertiary/aromatic N) is 7. The van der Waals surface area contributed by atoms with Gasteiger partial charge in [-0.1, -0.05) is 34.1 Å². The molecule has 35 heavy (non-hydrogen) atoms. The Balaban J connectivity index is 1.34. The fourth-order valence-corrected chi connectivity index (χ4v) is 4.48. The summed E-state index contributed by atoms with van der Waals surface area (Å²) in [5.74, 6) is 1.14. The van der Waals surface area contributed by atoms with Crippen molar-refractivity contribution in [2.75, 3.05) is 0 Å². The first kappa shape index (κ1) is 20.3. The Bertz CT molecular complexity index is 1590. The summed E-state index contributed by atoms with van der Waals surface area (Å²) in [7, 11) is 0. The van der Waals surface area contributed by atoms with E-state index >= 15 is 0 Å². The van der Waals surface area contributed by atoms with Gasteiger partial charge in [0.15, 0.2) is 11.6 Å². The van der Waals surface area contributed by atoms with Crippen molar-refractivity contribution in [3.8, 4) is 28.6 Å². The number of ether oxygens (including phenoxy) is 1. The van der Waals surface area contributed by atoms with Gasteiger partial charge in [0.2, 0.25) is 11.7 Å². The number of benzene rings is 2. The predicted octanol–water partition coefficient (Wildman–Crippen LogP) is 4.66. The van der Waals surface area contributed by atoms with Crippen LogP contribution in [0.3, 0.4) is 0 Å². The van der Waals surface area contributed by atoms with E-state index in [1.807, 2.05) is 22.8 Å². The summed E-state index contributed by atoms with van der Waals surface area (Å²) in [5.41, 5.74) is 4.40. The third-order valence-corrected chi connectivity index (χ3v) is 6.49. The van der Waals surface area contributed by atoms with E-state index in [0.29, 0.717) is 40.5 Å². The number of halogens is 2. The van der Waals surface area contributed by atoms with Crippen LogP contribution < -0.4 is 4.74 Å². The number of para-hydroxylation sites is 1. The SMILES string of the molecule is Fc1ccccc1OCc1nnn2c1Cc1c(-c3noc(C4CC4)n3)ncn1-c1ccc(Cl)cc1-2. The van der Waals surface area contributed by atoms with Crippen LogP contribution in [0.15, 0.2) is 53.3 Å². The van der Waals surface area contributed by atoms with E-state index in [4.69, 9.17) is 20.9 Å². The first-order valence-electron chi connectivity index (χ1n) is 11.2. The molecule has 1 aliphatic heterocycles. The third-order valence-electron chi connectivity index (χ3n) is 6.25. The van der Waals surface area contributed by atoms with Crippen LogP contribution in [-0.2, 0) is 13.0 Å². The summed E-state index contributed by atoms with van der Waals surface area (Å²) in [6.07, 6.45) is 4.28. The van der Waals surface area contributed by atoms with Crippen LogP contribution in [0.2, 0.25) is 5.02 Å². The van der Waals surface area contributed by atoms with Crippen molar-refractivity contribution in [1.82, 2.24) is 34.7 Å². The van der Waals surface area contributed by atoms with Gasteiger partial charge in [-0.3, -0.25) is 4.57 Å². The molecule has 0 amide bonds. The molecule has 0 spiro atoms. The molecular formula is C24H17ClFN7O2. The highest BCUT2D eigenvalue weighted by Gasteiger charge is 2.32. The minimum atomic E-state index is -0.438. The van der Waals surface area contributed by atoms with Gasteiger partial charge in [-0.2, -0.15) is 4.98 Å². The van der Waals surface area contributed by atoms with Gasteiger partial charge in [0.25, 0.3) is 0 Å². The molecule has 4 heterocycles. The molecule has 5 aromatic rings. The molecule has 1 aliphatic carbocycles. The fourth-order valence-electron chi connectivity index (χ4n) is 4.32. The second kappa shape index (κ2) is 7.74. The van der Waals surface area contributed by atoms with Crippen LogP contribution in [0, 0.1) is 5.82 Å². The second-order valence-corrected chi connectivity index (χ2v) is 9.00. The molecule has 1 saturated carbocycles. The number of fused-ring (bicyclic) bond motifs is 5. The normalized spacial score (nSPS) is 14.2. The molecular weight excluding hydrogens is 473 g/mol. The number of rotatable bonds is 5. The summed E-state index contributed by atoms with van der Waals surface area (Å²) >= 11 is 6.34. The Morgan fingerprint density at radius 1 is 1.11 bits per heavy atom. The standard InChI is InChI=1S/C24H17ClFN7O2/c25-14-7-8-17-19(9-14)33-18(16(29-31-33)11-34-21-4-2-1-3-15(21)26)10-20-22(27-12-32(17)20)23-28-24(35-30-23)13-5-6-13/h1-4,7-9,12-13H,5-6,10-11H2. The summed E-state index contributed by atoms with van der Waals surface area (Å²) in [6.45, 7) is 0.0453. The molecule has 3 aromatic heterocycles. The van der Waals surface area contributed by atoms with Gasteiger partial charge in [-0.05, 0) is 43.2 Å². The van der Waals surface area contributed by atoms with Crippen molar-refractivity contribution >= 4 is 11.6 Å². The molecule has 0 unspecified atom stereocenters. The number of imidazole rings is 1. The summed E-state index contributed by atoms with van der Waals surface area (Å²) in [5, 5.41) is 13.5. The van der Waals surface area contributed by atoms with Gasteiger partial charge in [0, 0.05) is 17.4 Å². The molecule has 1 fully saturated rings. The minimum Gasteiger partial charge on any atom is -0.484 e. The first-order valence-corrected chi connectivity index (χ1v) is 11.5. The second-order valence-electron chi connectivity index (χ2n) is 8.56. The van der Waals surface area contributed by atoms with Crippen molar-refractivity contribution in [3.63, 3.8) is 0 Å². The molecule has 0 bridgehead atoms. The summed E-state index contributed by atoms with van der Waals surface area (Å²) < 4.78 is 29.0. The Morgan fingerprint density at radius 3 is 2.86 bits per heavy atom. The van der Waals surface area contributed by atoms with Crippen LogP contribution in [0.25, 0.3) is 22.9 Å². The van der Waals surface area contributed by atoms with E-state index in [2.05, 4.69) is 25.4 Å². The molecule has 0 saturated heterocycles. The van der Waals surface area contributed by atoms with E-state index < -0.39 is 5.82 Å². The lowest BCUT2D eigenvalue weighted by Gasteiger charge is -2.10. The highest BCUT2D eigenvalue weighted by molar-refractivity contribution is 6.30. The number of aromatic nitrogens is 7. The van der Waals surface area contributed by atoms with Crippen molar-refractivity contribution in [2.24, 2.45) is 0 Å². The van der Waals surface area contributed by atoms with Crippen molar-refractivity contribution in [2.45, 2.75) is 31.8 Å². The Morgan fingerprint density at radius 2 is 2.00 bits per heavy atom. The van der Waals surface area contributed by atoms with Crippen LogP contribution in [0.4, 0.5) is 4.39 Å². The molecule has 7 rings (SSSR count). The summed E-state index contributed by atoms with van der Waals surface area (Å²) in [6, 6.07) is 11.8. The van der Waals surface area contributed by atoms with Crippen LogP contribution in [0.5, 0.6) is 5.75 Å². The van der Waals surface area contributed by atoms with Crippen molar-refractivity contribution in [3.05, 3.63) is 82.6 Å². The molecule has 9 nitrogen and oxygen atoms in total. The van der Waals surface area contributed by atoms with Crippen molar-refractivity contribution in [1.29, 1.82) is 0 Å². The average Bonchev–Trinajstić information content (AvgIpc) is 3.30. The number of hydrogen-bond donors (Lipinski definition) is 0. The van der Waals surface area contributed by atoms with Gasteiger partial charge >= 0.3 is 0 Å². The maximum absolute atomic E-state index is 14.1. The maximum Gasteiger partial charge on any atom is 0.230 e. The smallest absolute Gasteiger partial charge is 0.230 e. The zero-order valence-electron chi connectivity index (χ0n) is 18.2. The van der Waals surface area contributed by atoms with Gasteiger partial charge < -0.3 is 9.26 Å². The molecule has 2 aromatic carbocycles. The topological polar surface area (TPSA) is 96.7 Å². The van der Waals surface area contributed by atoms with E-state index in [1.54, 1.807) is 29.2 Å². The van der Waals surface area contributed by atoms with Gasteiger partial charge in [-0.15, -0.1) is 5.10 Å². The number of hydrogen-bond acceptors (Lipinski definition) is 7. The fraction of sp³-hybridized carbons (Fsp3) is 0.208. The molecule has 0 radical (unpaired) electrons. The molecule has 174 valence electrons. The Labute approximate surface area is 203 Å². The summed E-state index contributed by atoms with van der Waals surface area (Å²) in [4.78, 5) is 9.23. The third kappa shape index (κ3) is 3.40. The predicted molar refractivity (Wildman–Crippen MR) is 122 cm³/mol. The largest absolute Gasteiger partial charge is 0.484 e.